The second-order valence-corrected chi connectivity index (χ2v) is 4.87. The number of benzene rings is 1. The largest absolute Gasteiger partial charge is 0.505 e. The highest BCUT2D eigenvalue weighted by Crippen LogP contribution is 2.40. The van der Waals surface area contributed by atoms with Crippen LogP contribution < -0.4 is 5.63 Å². The van der Waals surface area contributed by atoms with Crippen molar-refractivity contribution in [2.24, 2.45) is 0 Å². The van der Waals surface area contributed by atoms with Crippen LogP contribution in [0, 0.1) is 12.3 Å². The number of fused-ring (bicyclic) bond motifs is 1. The van der Waals surface area contributed by atoms with Gasteiger partial charge in [-0.15, -0.1) is 6.42 Å². The van der Waals surface area contributed by atoms with Gasteiger partial charge in [0.05, 0.1) is 5.56 Å². The van der Waals surface area contributed by atoms with Crippen LogP contribution in [0.15, 0.2) is 45.7 Å². The van der Waals surface area contributed by atoms with Crippen LogP contribution >= 0.6 is 0 Å². The van der Waals surface area contributed by atoms with Crippen LogP contribution in [0.5, 0.6) is 5.75 Å². The van der Waals surface area contributed by atoms with Gasteiger partial charge in [0, 0.05) is 17.3 Å². The van der Waals surface area contributed by atoms with E-state index in [-0.39, 0.29) is 16.7 Å². The van der Waals surface area contributed by atoms with Gasteiger partial charge in [-0.25, -0.2) is 9.78 Å². The number of hydrogen-bond acceptors (Lipinski definition) is 4. The lowest BCUT2D eigenvalue weighted by Crippen LogP contribution is -2.12. The lowest BCUT2D eigenvalue weighted by atomic mass is 9.97. The topological polar surface area (TPSA) is 63.3 Å². The van der Waals surface area contributed by atoms with Crippen molar-refractivity contribution in [3.63, 3.8) is 0 Å². The van der Waals surface area contributed by atoms with Crippen LogP contribution in [0.3, 0.4) is 0 Å². The maximum Gasteiger partial charge on any atom is 0.417 e. The Bertz CT molecular complexity index is 1050. The Morgan fingerprint density at radius 3 is 2.67 bits per heavy atom. The van der Waals surface area contributed by atoms with E-state index in [0.717, 1.165) is 12.1 Å². The number of nitrogens with zero attached hydrogens (tertiary/aromatic N) is 1. The molecule has 0 radical (unpaired) electrons. The summed E-state index contributed by atoms with van der Waals surface area (Å²) in [5.74, 6) is 1.42. The molecule has 0 saturated carbocycles. The molecule has 0 aliphatic rings. The molecule has 0 amide bonds. The van der Waals surface area contributed by atoms with Gasteiger partial charge >= 0.3 is 11.8 Å². The molecule has 2 aromatic heterocycles. The molecule has 3 aromatic rings. The van der Waals surface area contributed by atoms with Crippen molar-refractivity contribution in [3.05, 3.63) is 58.1 Å². The summed E-state index contributed by atoms with van der Waals surface area (Å²) in [5, 5.41) is 10.3. The zero-order valence-corrected chi connectivity index (χ0v) is 11.9. The van der Waals surface area contributed by atoms with Crippen molar-refractivity contribution in [1.82, 2.24) is 4.98 Å². The number of hydrogen-bond donors (Lipinski definition) is 1. The quantitative estimate of drug-likeness (QED) is 0.693. The maximum absolute atomic E-state index is 13.3. The van der Waals surface area contributed by atoms with Crippen LogP contribution in [0.4, 0.5) is 13.2 Å². The first kappa shape index (κ1) is 15.6. The highest BCUT2D eigenvalue weighted by atomic mass is 19.4. The molecule has 0 spiro atoms. The van der Waals surface area contributed by atoms with E-state index in [0.29, 0.717) is 0 Å². The number of aromatic hydroxyl groups is 1. The Kier molecular flexibility index (Phi) is 3.53. The Balaban J connectivity index is 2.41. The SMILES string of the molecule is C#Cc1ccc(-c2c(O)c3ncccc3oc2=O)c(C(F)(F)F)c1. The zero-order valence-electron chi connectivity index (χ0n) is 11.9. The summed E-state index contributed by atoms with van der Waals surface area (Å²) in [4.78, 5) is 16.0. The predicted octanol–water partition coefficient (Wildman–Crippen LogP) is 3.56. The number of aromatic nitrogens is 1. The van der Waals surface area contributed by atoms with Crippen LogP contribution in [0.25, 0.3) is 22.2 Å². The first-order valence-corrected chi connectivity index (χ1v) is 6.62. The molecule has 7 heteroatoms. The molecule has 0 aliphatic carbocycles. The van der Waals surface area contributed by atoms with Crippen molar-refractivity contribution in [2.75, 3.05) is 0 Å². The third-order valence-corrected chi connectivity index (χ3v) is 3.40. The fourth-order valence-corrected chi connectivity index (χ4v) is 2.34. The molecule has 1 aromatic carbocycles. The molecule has 0 unspecified atom stereocenters. The molecule has 0 saturated heterocycles. The molecule has 1 N–H and O–H groups in total. The monoisotopic (exact) mass is 331 g/mol. The Morgan fingerprint density at radius 1 is 1.25 bits per heavy atom. The van der Waals surface area contributed by atoms with Crippen LogP contribution in [0.2, 0.25) is 0 Å². The van der Waals surface area contributed by atoms with E-state index >= 15 is 0 Å². The minimum Gasteiger partial charge on any atom is -0.505 e. The first-order valence-electron chi connectivity index (χ1n) is 6.62. The first-order chi connectivity index (χ1) is 11.3. The van der Waals surface area contributed by atoms with Crippen LogP contribution in [0.1, 0.15) is 11.1 Å². The molecule has 0 bridgehead atoms. The highest BCUT2D eigenvalue weighted by molar-refractivity contribution is 5.88. The second-order valence-electron chi connectivity index (χ2n) is 4.87. The van der Waals surface area contributed by atoms with Gasteiger partial charge in [0.1, 0.15) is 11.1 Å². The Morgan fingerprint density at radius 2 is 2.00 bits per heavy atom. The number of halogens is 3. The van der Waals surface area contributed by atoms with Crippen molar-refractivity contribution in [2.45, 2.75) is 6.18 Å². The molecule has 3 rings (SSSR count). The molecule has 24 heavy (non-hydrogen) atoms. The number of pyridine rings is 1. The summed E-state index contributed by atoms with van der Waals surface area (Å²) in [6, 6.07) is 5.84. The lowest BCUT2D eigenvalue weighted by molar-refractivity contribution is -0.137. The predicted molar refractivity (Wildman–Crippen MR) is 80.3 cm³/mol. The summed E-state index contributed by atoms with van der Waals surface area (Å²) < 4.78 is 45.0. The van der Waals surface area contributed by atoms with Crippen molar-refractivity contribution >= 4 is 11.1 Å². The molecule has 0 fully saturated rings. The number of alkyl halides is 3. The molecule has 0 atom stereocenters. The summed E-state index contributed by atoms with van der Waals surface area (Å²) in [6.07, 6.45) is 1.67. The van der Waals surface area contributed by atoms with E-state index < -0.39 is 34.2 Å². The van der Waals surface area contributed by atoms with E-state index in [2.05, 4.69) is 10.9 Å². The Hall–Kier alpha value is -3.27. The summed E-state index contributed by atoms with van der Waals surface area (Å²) in [7, 11) is 0. The van der Waals surface area contributed by atoms with Crippen LogP contribution in [-0.2, 0) is 6.18 Å². The van der Waals surface area contributed by atoms with Gasteiger partial charge in [0.2, 0.25) is 0 Å². The number of terminal acetylenes is 1. The minimum atomic E-state index is -4.78. The normalized spacial score (nSPS) is 11.4. The molecule has 0 aliphatic heterocycles. The summed E-state index contributed by atoms with van der Waals surface area (Å²) in [6.45, 7) is 0. The van der Waals surface area contributed by atoms with E-state index in [4.69, 9.17) is 10.8 Å². The molecule has 4 nitrogen and oxygen atoms in total. The lowest BCUT2D eigenvalue weighted by Gasteiger charge is -2.14. The fourth-order valence-electron chi connectivity index (χ4n) is 2.34. The van der Waals surface area contributed by atoms with Crippen molar-refractivity contribution < 1.29 is 22.7 Å². The van der Waals surface area contributed by atoms with E-state index in [1.165, 1.54) is 24.4 Å². The van der Waals surface area contributed by atoms with Crippen LogP contribution in [-0.4, -0.2) is 10.1 Å². The summed E-state index contributed by atoms with van der Waals surface area (Å²) in [5.41, 5.74) is -3.53. The standard InChI is InChI=1S/C17H8F3NO3/c1-2-9-5-6-10(11(8-9)17(18,19)20)13-15(22)14-12(24-16(13)23)4-3-7-21-14/h1,3-8,22H. The smallest absolute Gasteiger partial charge is 0.417 e. The van der Waals surface area contributed by atoms with Gasteiger partial charge in [-0.1, -0.05) is 12.0 Å². The zero-order chi connectivity index (χ0) is 17.5. The molecular formula is C17H8F3NO3. The van der Waals surface area contributed by atoms with E-state index in [9.17, 15) is 23.1 Å². The van der Waals surface area contributed by atoms with Crippen molar-refractivity contribution in [3.8, 4) is 29.2 Å². The van der Waals surface area contributed by atoms with Gasteiger partial charge in [0.25, 0.3) is 0 Å². The molecule has 2 heterocycles. The minimum absolute atomic E-state index is 0.00568. The fraction of sp³-hybridized carbons (Fsp3) is 0.0588. The van der Waals surface area contributed by atoms with Gasteiger partial charge in [-0.3, -0.25) is 0 Å². The number of rotatable bonds is 1. The average Bonchev–Trinajstić information content (AvgIpc) is 2.54. The third-order valence-electron chi connectivity index (χ3n) is 3.40. The highest BCUT2D eigenvalue weighted by Gasteiger charge is 2.35. The summed E-state index contributed by atoms with van der Waals surface area (Å²) >= 11 is 0. The van der Waals surface area contributed by atoms with Gasteiger partial charge < -0.3 is 9.52 Å². The van der Waals surface area contributed by atoms with E-state index in [1.54, 1.807) is 0 Å². The Labute approximate surface area is 133 Å². The third kappa shape index (κ3) is 2.48. The van der Waals surface area contributed by atoms with Gasteiger partial charge in [-0.2, -0.15) is 13.2 Å². The van der Waals surface area contributed by atoms with Gasteiger partial charge in [-0.05, 0) is 24.3 Å². The maximum atomic E-state index is 13.3. The molecule has 120 valence electrons. The van der Waals surface area contributed by atoms with E-state index in [1.807, 2.05) is 0 Å². The van der Waals surface area contributed by atoms with Gasteiger partial charge in [0.15, 0.2) is 11.3 Å². The average molecular weight is 331 g/mol. The molecular weight excluding hydrogens is 323 g/mol. The second kappa shape index (κ2) is 5.42. The van der Waals surface area contributed by atoms with Crippen molar-refractivity contribution in [1.29, 1.82) is 0 Å².